The van der Waals surface area contributed by atoms with Crippen molar-refractivity contribution >= 4 is 34.4 Å². The zero-order valence-corrected chi connectivity index (χ0v) is 14.8. The average molecular weight is 366 g/mol. The van der Waals surface area contributed by atoms with Crippen LogP contribution in [0.2, 0.25) is 0 Å². The number of amides is 2. The van der Waals surface area contributed by atoms with E-state index >= 15 is 0 Å². The van der Waals surface area contributed by atoms with Gasteiger partial charge in [-0.2, -0.15) is 0 Å². The maximum atomic E-state index is 14.5. The Morgan fingerprint density at radius 2 is 2.07 bits per heavy atom. The van der Waals surface area contributed by atoms with Gasteiger partial charge in [-0.25, -0.2) is 4.39 Å². The number of rotatable bonds is 3. The minimum atomic E-state index is -0.416. The molecule has 0 bridgehead atoms. The summed E-state index contributed by atoms with van der Waals surface area (Å²) in [6.07, 6.45) is 1.59. The van der Waals surface area contributed by atoms with E-state index in [0.29, 0.717) is 30.0 Å². The zero-order chi connectivity index (χ0) is 19.0. The molecule has 2 heterocycles. The average Bonchev–Trinajstić information content (AvgIpc) is 2.96. The number of piperazine rings is 1. The molecule has 138 valence electrons. The lowest BCUT2D eigenvalue weighted by atomic mass is 10.0. The second-order valence-corrected chi connectivity index (χ2v) is 6.59. The van der Waals surface area contributed by atoms with E-state index in [4.69, 9.17) is 0 Å². The van der Waals surface area contributed by atoms with E-state index < -0.39 is 5.82 Å². The lowest BCUT2D eigenvalue weighted by molar-refractivity contribution is -0.120. The van der Waals surface area contributed by atoms with Crippen molar-refractivity contribution in [1.82, 2.24) is 5.32 Å². The van der Waals surface area contributed by atoms with Crippen LogP contribution < -0.4 is 20.9 Å². The van der Waals surface area contributed by atoms with Crippen LogP contribution in [-0.2, 0) is 9.59 Å². The Morgan fingerprint density at radius 1 is 1.22 bits per heavy atom. The van der Waals surface area contributed by atoms with Gasteiger partial charge in [-0.15, -0.1) is 0 Å². The first-order valence-electron chi connectivity index (χ1n) is 8.72. The highest BCUT2D eigenvalue weighted by Crippen LogP contribution is 2.34. The fourth-order valence-electron chi connectivity index (χ4n) is 3.42. The van der Waals surface area contributed by atoms with Gasteiger partial charge in [-0.1, -0.05) is 12.1 Å². The Morgan fingerprint density at radius 3 is 2.85 bits per heavy atom. The van der Waals surface area contributed by atoms with Crippen molar-refractivity contribution in [2.45, 2.75) is 6.92 Å². The van der Waals surface area contributed by atoms with Crippen LogP contribution in [0.5, 0.6) is 0 Å². The molecule has 1 fully saturated rings. The largest absolute Gasteiger partial charge is 0.361 e. The quantitative estimate of drug-likeness (QED) is 0.730. The van der Waals surface area contributed by atoms with Crippen molar-refractivity contribution < 1.29 is 14.0 Å². The van der Waals surface area contributed by atoms with Gasteiger partial charge >= 0.3 is 0 Å². The molecular weight excluding hydrogens is 347 g/mol. The van der Waals surface area contributed by atoms with E-state index in [2.05, 4.69) is 16.0 Å². The van der Waals surface area contributed by atoms with Gasteiger partial charge in [-0.3, -0.25) is 9.59 Å². The molecule has 0 radical (unpaired) electrons. The Labute approximate surface area is 156 Å². The van der Waals surface area contributed by atoms with Crippen LogP contribution in [0.1, 0.15) is 11.1 Å². The molecule has 0 unspecified atom stereocenters. The monoisotopic (exact) mass is 366 g/mol. The number of halogens is 1. The minimum Gasteiger partial charge on any atom is -0.361 e. The van der Waals surface area contributed by atoms with Crippen LogP contribution in [0.15, 0.2) is 42.6 Å². The van der Waals surface area contributed by atoms with E-state index in [9.17, 15) is 14.0 Å². The van der Waals surface area contributed by atoms with Gasteiger partial charge in [0.1, 0.15) is 5.82 Å². The molecule has 4 rings (SSSR count). The smallest absolute Gasteiger partial charge is 0.257 e. The van der Waals surface area contributed by atoms with E-state index in [1.807, 2.05) is 25.1 Å². The molecule has 2 aliphatic heterocycles. The lowest BCUT2D eigenvalue weighted by Gasteiger charge is -2.29. The molecule has 2 aromatic rings. The third-order valence-corrected chi connectivity index (χ3v) is 4.74. The standard InChI is InChI=1S/C20H19FN4O2/c1-12-3-2-4-16-19(12)14(20(27)24-16)10-23-13-5-6-17(15(21)9-13)25-8-7-22-18(26)11-25/h2-6,9-10,23H,7-8,11H2,1H3,(H,22,26)(H,24,27). The number of anilines is 3. The summed E-state index contributed by atoms with van der Waals surface area (Å²) < 4.78 is 14.5. The summed E-state index contributed by atoms with van der Waals surface area (Å²) in [6, 6.07) is 10.4. The maximum absolute atomic E-state index is 14.5. The number of hydrogen-bond donors (Lipinski definition) is 3. The molecule has 2 amide bonds. The van der Waals surface area contributed by atoms with Crippen molar-refractivity contribution in [2.75, 3.05) is 35.2 Å². The topological polar surface area (TPSA) is 73.5 Å². The predicted octanol–water partition coefficient (Wildman–Crippen LogP) is 2.48. The molecule has 6 nitrogen and oxygen atoms in total. The number of carbonyl (C=O) groups excluding carboxylic acids is 2. The number of aryl methyl sites for hydroxylation is 1. The predicted molar refractivity (Wildman–Crippen MR) is 103 cm³/mol. The van der Waals surface area contributed by atoms with Gasteiger partial charge in [-0.05, 0) is 36.8 Å². The molecule has 0 atom stereocenters. The summed E-state index contributed by atoms with van der Waals surface area (Å²) in [7, 11) is 0. The first-order valence-corrected chi connectivity index (χ1v) is 8.72. The Kier molecular flexibility index (Phi) is 4.27. The highest BCUT2D eigenvalue weighted by Gasteiger charge is 2.25. The molecule has 27 heavy (non-hydrogen) atoms. The number of benzene rings is 2. The lowest BCUT2D eigenvalue weighted by Crippen LogP contribution is -2.48. The van der Waals surface area contributed by atoms with E-state index in [1.54, 1.807) is 23.2 Å². The first-order chi connectivity index (χ1) is 13.0. The second kappa shape index (κ2) is 6.75. The minimum absolute atomic E-state index is 0.117. The number of nitrogens with zero attached hydrogens (tertiary/aromatic N) is 1. The number of hydrogen-bond acceptors (Lipinski definition) is 4. The van der Waals surface area contributed by atoms with Crippen molar-refractivity contribution in [2.24, 2.45) is 0 Å². The molecule has 0 saturated carbocycles. The summed E-state index contributed by atoms with van der Waals surface area (Å²) in [6.45, 7) is 3.15. The van der Waals surface area contributed by atoms with Gasteiger partial charge in [0.05, 0.1) is 17.8 Å². The van der Waals surface area contributed by atoms with Gasteiger partial charge in [0.25, 0.3) is 5.91 Å². The zero-order valence-electron chi connectivity index (χ0n) is 14.8. The third-order valence-electron chi connectivity index (χ3n) is 4.74. The van der Waals surface area contributed by atoms with Crippen LogP contribution in [0, 0.1) is 12.7 Å². The third kappa shape index (κ3) is 3.23. The normalized spacial score (nSPS) is 17.6. The molecule has 0 aromatic heterocycles. The van der Waals surface area contributed by atoms with Crippen molar-refractivity contribution in [1.29, 1.82) is 0 Å². The highest BCUT2D eigenvalue weighted by atomic mass is 19.1. The Hall–Kier alpha value is -3.35. The summed E-state index contributed by atoms with van der Waals surface area (Å²) in [5.41, 5.74) is 4.05. The van der Waals surface area contributed by atoms with Crippen LogP contribution in [-0.4, -0.2) is 31.4 Å². The number of fused-ring (bicyclic) bond motifs is 1. The van der Waals surface area contributed by atoms with Crippen LogP contribution in [0.4, 0.5) is 21.5 Å². The van der Waals surface area contributed by atoms with E-state index in [-0.39, 0.29) is 18.4 Å². The number of carbonyl (C=O) groups is 2. The molecule has 3 N–H and O–H groups in total. The molecule has 0 aliphatic carbocycles. The Balaban J connectivity index is 1.56. The molecule has 1 saturated heterocycles. The van der Waals surface area contributed by atoms with Crippen LogP contribution >= 0.6 is 0 Å². The SMILES string of the molecule is Cc1cccc2c1C(=CNc1ccc(N3CCNC(=O)C3)c(F)c1)C(=O)N2. The summed E-state index contributed by atoms with van der Waals surface area (Å²) in [4.78, 5) is 25.4. The van der Waals surface area contributed by atoms with Crippen molar-refractivity contribution in [3.05, 3.63) is 59.5 Å². The molecule has 0 spiro atoms. The van der Waals surface area contributed by atoms with Crippen molar-refractivity contribution in [3.8, 4) is 0 Å². The fraction of sp³-hybridized carbons (Fsp3) is 0.200. The van der Waals surface area contributed by atoms with Gasteiger partial charge < -0.3 is 20.9 Å². The van der Waals surface area contributed by atoms with Gasteiger partial charge in [0, 0.05) is 36.2 Å². The summed E-state index contributed by atoms with van der Waals surface area (Å²) in [5.74, 6) is -0.724. The van der Waals surface area contributed by atoms with Gasteiger partial charge in [0.2, 0.25) is 5.91 Å². The highest BCUT2D eigenvalue weighted by molar-refractivity contribution is 6.32. The molecule has 2 aliphatic rings. The molecule has 2 aromatic carbocycles. The number of nitrogens with one attached hydrogen (secondary N) is 3. The van der Waals surface area contributed by atoms with E-state index in [1.165, 1.54) is 6.07 Å². The van der Waals surface area contributed by atoms with Gasteiger partial charge in [0.15, 0.2) is 0 Å². The van der Waals surface area contributed by atoms with Crippen LogP contribution in [0.25, 0.3) is 5.57 Å². The van der Waals surface area contributed by atoms with Crippen LogP contribution in [0.3, 0.4) is 0 Å². The van der Waals surface area contributed by atoms with E-state index in [0.717, 1.165) is 16.8 Å². The molecule has 7 heteroatoms. The summed E-state index contributed by atoms with van der Waals surface area (Å²) in [5, 5.41) is 8.55. The van der Waals surface area contributed by atoms with Crippen molar-refractivity contribution in [3.63, 3.8) is 0 Å². The first kappa shape index (κ1) is 17.1. The maximum Gasteiger partial charge on any atom is 0.257 e. The fourth-order valence-corrected chi connectivity index (χ4v) is 3.42. The molecular formula is C20H19FN4O2. The Bertz CT molecular complexity index is 970. The summed E-state index contributed by atoms with van der Waals surface area (Å²) >= 11 is 0. The second-order valence-electron chi connectivity index (χ2n) is 6.59.